The van der Waals surface area contributed by atoms with Gasteiger partial charge in [-0.15, -0.1) is 0 Å². The Kier molecular flexibility index (Phi) is 11.4. The third-order valence-electron chi connectivity index (χ3n) is 12.8. The number of fused-ring (bicyclic) bond motifs is 4. The fourth-order valence-corrected chi connectivity index (χ4v) is 17.1. The fourth-order valence-electron chi connectivity index (χ4n) is 9.95. The van der Waals surface area contributed by atoms with Crippen LogP contribution in [0.4, 0.5) is 5.69 Å². The predicted octanol–water partition coefficient (Wildman–Crippen LogP) is 9.59. The Morgan fingerprint density at radius 2 is 1.75 bits per heavy atom. The molecule has 10 heteroatoms. The maximum Gasteiger partial charge on any atom is 0.264 e. The fraction of sp³-hybridized carbons (Fsp3) is 0.634. The molecule has 5 atom stereocenters. The van der Waals surface area contributed by atoms with Gasteiger partial charge < -0.3 is 14.1 Å². The molecule has 6 rings (SSSR count). The molecule has 1 spiro atoms. The number of carbonyl (C=O) groups is 1. The minimum Gasteiger partial charge on any atom is -0.490 e. The number of aryl methyl sites for hydroxylation is 1. The normalized spacial score (nSPS) is 28.8. The lowest BCUT2D eigenvalue weighted by atomic mass is 9.69. The SMILES string of the molecule is CC[C@@H]1CC[C@@H](O[Si](C(C)C)(C(C)C)C(C)C)/C=C\[C@@H]2CC[C@H]2CN2C[C@@]3(CCCc4cc(Cl)ccc43)COc3ccc(cc32)C(=O)NS1(=O)=O. The average Bonchev–Trinajstić information content (AvgIpc) is 3.20. The van der Waals surface area contributed by atoms with Crippen LogP contribution in [0.3, 0.4) is 0 Å². The summed E-state index contributed by atoms with van der Waals surface area (Å²) in [6, 6.07) is 11.7. The molecule has 2 aliphatic heterocycles. The Morgan fingerprint density at radius 1 is 1.00 bits per heavy atom. The quantitative estimate of drug-likeness (QED) is 0.234. The molecule has 0 radical (unpaired) electrons. The molecule has 2 aliphatic carbocycles. The first-order valence-electron chi connectivity index (χ1n) is 19.4. The smallest absolute Gasteiger partial charge is 0.264 e. The number of halogens is 1. The number of ether oxygens (including phenoxy) is 1. The number of hydrogen-bond donors (Lipinski definition) is 1. The van der Waals surface area contributed by atoms with E-state index in [1.54, 1.807) is 6.07 Å². The summed E-state index contributed by atoms with van der Waals surface area (Å²) in [7, 11) is -6.20. The molecule has 1 saturated carbocycles. The van der Waals surface area contributed by atoms with E-state index < -0.39 is 29.5 Å². The number of nitrogens with zero attached hydrogens (tertiary/aromatic N) is 1. The van der Waals surface area contributed by atoms with Crippen molar-refractivity contribution in [1.29, 1.82) is 0 Å². The van der Waals surface area contributed by atoms with Gasteiger partial charge in [0, 0.05) is 29.1 Å². The Hall–Kier alpha value is -2.33. The highest BCUT2D eigenvalue weighted by Crippen LogP contribution is 2.47. The van der Waals surface area contributed by atoms with Gasteiger partial charge in [-0.05, 0) is 121 Å². The third kappa shape index (κ3) is 7.56. The number of rotatable bonds is 6. The highest BCUT2D eigenvalue weighted by molar-refractivity contribution is 7.90. The van der Waals surface area contributed by atoms with Crippen LogP contribution in [0.5, 0.6) is 5.75 Å². The van der Waals surface area contributed by atoms with Gasteiger partial charge in [0.2, 0.25) is 18.3 Å². The second kappa shape index (κ2) is 15.2. The van der Waals surface area contributed by atoms with Crippen LogP contribution >= 0.6 is 11.6 Å². The number of hydrogen-bond acceptors (Lipinski definition) is 6. The number of amides is 1. The number of anilines is 1. The maximum absolute atomic E-state index is 13.8. The van der Waals surface area contributed by atoms with E-state index in [1.165, 1.54) is 11.1 Å². The van der Waals surface area contributed by atoms with Gasteiger partial charge in [-0.3, -0.25) is 4.79 Å². The monoisotopic (exact) mass is 754 g/mol. The van der Waals surface area contributed by atoms with Crippen LogP contribution in [0.15, 0.2) is 48.6 Å². The minimum atomic E-state index is -3.95. The molecule has 4 aliphatic rings. The predicted molar refractivity (Wildman–Crippen MR) is 211 cm³/mol. The zero-order valence-electron chi connectivity index (χ0n) is 31.7. The molecule has 280 valence electrons. The van der Waals surface area contributed by atoms with Crippen LogP contribution in [0.25, 0.3) is 0 Å². The molecule has 7 nitrogen and oxygen atoms in total. The van der Waals surface area contributed by atoms with Crippen molar-refractivity contribution in [3.63, 3.8) is 0 Å². The van der Waals surface area contributed by atoms with Crippen LogP contribution in [0.1, 0.15) is 115 Å². The summed E-state index contributed by atoms with van der Waals surface area (Å²) >= 11 is 6.47. The summed E-state index contributed by atoms with van der Waals surface area (Å²) in [6.07, 6.45) is 11.2. The van der Waals surface area contributed by atoms with E-state index in [9.17, 15) is 13.2 Å². The van der Waals surface area contributed by atoms with Crippen molar-refractivity contribution in [1.82, 2.24) is 4.72 Å². The van der Waals surface area contributed by atoms with Crippen molar-refractivity contribution in [2.45, 2.75) is 133 Å². The average molecular weight is 756 g/mol. The minimum absolute atomic E-state index is 0.183. The summed E-state index contributed by atoms with van der Waals surface area (Å²) in [4.78, 5) is 16.2. The van der Waals surface area contributed by atoms with Crippen LogP contribution < -0.4 is 14.4 Å². The number of benzene rings is 2. The Bertz CT molecular complexity index is 1710. The molecular formula is C41H59ClN2O5SSi. The first-order chi connectivity index (χ1) is 24.2. The highest BCUT2D eigenvalue weighted by Gasteiger charge is 2.47. The lowest BCUT2D eigenvalue weighted by Gasteiger charge is -2.45. The highest BCUT2D eigenvalue weighted by atomic mass is 35.5. The summed E-state index contributed by atoms with van der Waals surface area (Å²) in [6.45, 7) is 17.8. The maximum atomic E-state index is 13.8. The van der Waals surface area contributed by atoms with E-state index in [2.05, 4.69) is 75.4 Å². The van der Waals surface area contributed by atoms with Crippen LogP contribution in [0.2, 0.25) is 21.6 Å². The summed E-state index contributed by atoms with van der Waals surface area (Å²) in [5, 5.41) is 0.0462. The van der Waals surface area contributed by atoms with E-state index in [4.69, 9.17) is 20.8 Å². The van der Waals surface area contributed by atoms with Crippen LogP contribution in [0, 0.1) is 11.8 Å². The summed E-state index contributed by atoms with van der Waals surface area (Å²) in [5.41, 5.74) is 4.77. The third-order valence-corrected chi connectivity index (χ3v) is 21.0. The van der Waals surface area contributed by atoms with Gasteiger partial charge in [0.15, 0.2) is 0 Å². The van der Waals surface area contributed by atoms with Gasteiger partial charge in [0.05, 0.1) is 23.6 Å². The molecule has 0 unspecified atom stereocenters. The van der Waals surface area contributed by atoms with Crippen molar-refractivity contribution < 1.29 is 22.4 Å². The largest absolute Gasteiger partial charge is 0.490 e. The van der Waals surface area contributed by atoms with Gasteiger partial charge in [-0.1, -0.05) is 78.3 Å². The Morgan fingerprint density at radius 3 is 2.41 bits per heavy atom. The van der Waals surface area contributed by atoms with Crippen molar-refractivity contribution in [3.8, 4) is 5.75 Å². The topological polar surface area (TPSA) is 84.9 Å². The second-order valence-electron chi connectivity index (χ2n) is 16.7. The molecule has 51 heavy (non-hydrogen) atoms. The summed E-state index contributed by atoms with van der Waals surface area (Å²) in [5.74, 6) is 0.974. The van der Waals surface area contributed by atoms with Crippen LogP contribution in [-0.4, -0.2) is 53.7 Å². The van der Waals surface area contributed by atoms with E-state index in [0.717, 1.165) is 61.7 Å². The first-order valence-corrected chi connectivity index (χ1v) is 23.5. The first kappa shape index (κ1) is 38.4. The molecule has 2 bridgehead atoms. The standard InChI is InChI=1S/C41H59ClN2O5SSi/c1-8-36-18-17-35(49-51(27(2)3,28(4)5)29(6)7)16-13-30-11-12-33(30)24-44-25-41(21-9-10-31-22-34(42)15-19-37(31)41)26-48-39-20-14-32(23-38(39)44)40(45)43-50(36,46)47/h13-16,19-20,22-23,27-30,33,35-36H,8-12,17-18,21,24-26H2,1-7H3,(H,43,45)/b16-13-/t30-,33-,35-,36+,41-/m0/s1. The number of nitrogens with one attached hydrogen (secondary N) is 1. The zero-order valence-corrected chi connectivity index (χ0v) is 34.3. The number of sulfonamides is 1. The van der Waals surface area contributed by atoms with Crippen molar-refractivity contribution in [2.75, 3.05) is 24.6 Å². The zero-order chi connectivity index (χ0) is 36.7. The van der Waals surface area contributed by atoms with Gasteiger partial charge in [0.1, 0.15) is 5.75 Å². The molecule has 2 aromatic rings. The summed E-state index contributed by atoms with van der Waals surface area (Å²) < 4.78 is 44.1. The molecule has 1 fully saturated rings. The molecule has 2 aromatic carbocycles. The molecular weight excluding hydrogens is 696 g/mol. The number of allylic oxidation sites excluding steroid dienone is 1. The Labute approximate surface area is 313 Å². The van der Waals surface area contributed by atoms with Crippen molar-refractivity contribution in [3.05, 3.63) is 70.3 Å². The van der Waals surface area contributed by atoms with E-state index in [0.29, 0.717) is 59.9 Å². The molecule has 2 heterocycles. The van der Waals surface area contributed by atoms with Gasteiger partial charge in [-0.25, -0.2) is 13.1 Å². The second-order valence-corrected chi connectivity index (χ2v) is 24.5. The van der Waals surface area contributed by atoms with Gasteiger partial charge >= 0.3 is 0 Å². The molecule has 1 amide bonds. The molecule has 0 aromatic heterocycles. The van der Waals surface area contributed by atoms with Gasteiger partial charge in [0.25, 0.3) is 5.91 Å². The molecule has 0 saturated heterocycles. The van der Waals surface area contributed by atoms with Crippen LogP contribution in [-0.2, 0) is 26.3 Å². The molecule has 1 N–H and O–H groups in total. The van der Waals surface area contributed by atoms with E-state index in [-0.39, 0.29) is 11.5 Å². The van der Waals surface area contributed by atoms with E-state index >= 15 is 0 Å². The Balaban J connectivity index is 1.40. The number of carbonyl (C=O) groups excluding carboxylic acids is 1. The van der Waals surface area contributed by atoms with E-state index in [1.807, 2.05) is 25.1 Å². The lowest BCUT2D eigenvalue weighted by Crippen LogP contribution is -2.50. The van der Waals surface area contributed by atoms with Gasteiger partial charge in [-0.2, -0.15) is 0 Å². The lowest BCUT2D eigenvalue weighted by molar-refractivity contribution is 0.0981. The van der Waals surface area contributed by atoms with Crippen molar-refractivity contribution >= 4 is 41.5 Å². The van der Waals surface area contributed by atoms with Crippen molar-refractivity contribution in [2.24, 2.45) is 11.8 Å².